The number of carbonyl (C=O) groups is 1. The van der Waals surface area contributed by atoms with Crippen molar-refractivity contribution in [1.82, 2.24) is 15.2 Å². The van der Waals surface area contributed by atoms with Crippen molar-refractivity contribution in [1.29, 1.82) is 0 Å². The molecule has 104 valence electrons. The van der Waals surface area contributed by atoms with Gasteiger partial charge in [-0.1, -0.05) is 6.07 Å². The molecule has 4 heteroatoms. The summed E-state index contributed by atoms with van der Waals surface area (Å²) in [5.74, 6) is 0.238. The fraction of sp³-hybridized carbons (Fsp3) is 0.600. The van der Waals surface area contributed by atoms with E-state index in [4.69, 9.17) is 0 Å². The Labute approximate surface area is 115 Å². The topological polar surface area (TPSA) is 45.2 Å². The fourth-order valence-corrected chi connectivity index (χ4v) is 2.52. The van der Waals surface area contributed by atoms with E-state index < -0.39 is 0 Å². The molecule has 19 heavy (non-hydrogen) atoms. The molecule has 1 saturated heterocycles. The predicted octanol–water partition coefficient (Wildman–Crippen LogP) is 1.61. The number of nitrogens with zero attached hydrogens (tertiary/aromatic N) is 2. The second kappa shape index (κ2) is 7.24. The highest BCUT2D eigenvalue weighted by Gasteiger charge is 2.20. The third-order valence-electron chi connectivity index (χ3n) is 3.66. The summed E-state index contributed by atoms with van der Waals surface area (Å²) in [7, 11) is 0. The van der Waals surface area contributed by atoms with Crippen LogP contribution in [0.2, 0.25) is 0 Å². The number of amides is 1. The van der Waals surface area contributed by atoms with E-state index in [2.05, 4.69) is 10.3 Å². The number of aryl methyl sites for hydroxylation is 1. The first-order valence-corrected chi connectivity index (χ1v) is 7.20. The number of pyridine rings is 1. The van der Waals surface area contributed by atoms with Gasteiger partial charge in [0.2, 0.25) is 5.91 Å². The molecule has 0 bridgehead atoms. The Balaban J connectivity index is 1.79. The third-order valence-corrected chi connectivity index (χ3v) is 3.66. The van der Waals surface area contributed by atoms with Crippen LogP contribution in [0.4, 0.5) is 0 Å². The van der Waals surface area contributed by atoms with Gasteiger partial charge in [0.25, 0.3) is 0 Å². The van der Waals surface area contributed by atoms with Crippen molar-refractivity contribution in [3.05, 3.63) is 30.1 Å². The van der Waals surface area contributed by atoms with Crippen molar-refractivity contribution in [3.63, 3.8) is 0 Å². The van der Waals surface area contributed by atoms with E-state index in [1.54, 1.807) is 6.20 Å². The van der Waals surface area contributed by atoms with Gasteiger partial charge in [-0.25, -0.2) is 0 Å². The lowest BCUT2D eigenvalue weighted by atomic mass is 10.1. The van der Waals surface area contributed by atoms with E-state index in [1.165, 1.54) is 12.8 Å². The Morgan fingerprint density at radius 3 is 3.05 bits per heavy atom. The maximum absolute atomic E-state index is 12.2. The van der Waals surface area contributed by atoms with Gasteiger partial charge in [-0.2, -0.15) is 0 Å². The van der Waals surface area contributed by atoms with E-state index in [0.29, 0.717) is 12.5 Å². The zero-order chi connectivity index (χ0) is 13.5. The molecule has 1 aliphatic rings. The number of rotatable bonds is 6. The maximum Gasteiger partial charge on any atom is 0.223 e. The minimum absolute atomic E-state index is 0.238. The molecule has 0 aliphatic carbocycles. The van der Waals surface area contributed by atoms with Crippen molar-refractivity contribution in [3.8, 4) is 0 Å². The SMILES string of the molecule is CCN(CC1CCCN1)C(=O)CCc1ccccn1. The summed E-state index contributed by atoms with van der Waals surface area (Å²) in [6.45, 7) is 4.77. The first kappa shape index (κ1) is 14.0. The Morgan fingerprint density at radius 2 is 2.42 bits per heavy atom. The molecule has 1 N–H and O–H groups in total. The van der Waals surface area contributed by atoms with Crippen LogP contribution in [-0.4, -0.2) is 41.5 Å². The maximum atomic E-state index is 12.2. The van der Waals surface area contributed by atoms with Gasteiger partial charge in [-0.15, -0.1) is 0 Å². The fourth-order valence-electron chi connectivity index (χ4n) is 2.52. The van der Waals surface area contributed by atoms with Crippen LogP contribution in [-0.2, 0) is 11.2 Å². The second-order valence-electron chi connectivity index (χ2n) is 5.05. The molecule has 0 aromatic carbocycles. The lowest BCUT2D eigenvalue weighted by Gasteiger charge is -2.24. The molecule has 0 radical (unpaired) electrons. The molecule has 2 heterocycles. The molecule has 1 atom stereocenters. The summed E-state index contributed by atoms with van der Waals surface area (Å²) >= 11 is 0. The average molecular weight is 261 g/mol. The van der Waals surface area contributed by atoms with Gasteiger partial charge in [0, 0.05) is 37.4 Å². The van der Waals surface area contributed by atoms with Crippen LogP contribution in [0.15, 0.2) is 24.4 Å². The van der Waals surface area contributed by atoms with Crippen molar-refractivity contribution >= 4 is 5.91 Å². The van der Waals surface area contributed by atoms with Gasteiger partial charge >= 0.3 is 0 Å². The van der Waals surface area contributed by atoms with Crippen molar-refractivity contribution in [2.24, 2.45) is 0 Å². The Morgan fingerprint density at radius 1 is 1.53 bits per heavy atom. The Bertz CT molecular complexity index is 388. The van der Waals surface area contributed by atoms with Gasteiger partial charge in [0.1, 0.15) is 0 Å². The van der Waals surface area contributed by atoms with Gasteiger partial charge in [-0.05, 0) is 44.9 Å². The summed E-state index contributed by atoms with van der Waals surface area (Å²) in [6.07, 6.45) is 5.47. The molecule has 1 aliphatic heterocycles. The molecule has 1 aromatic rings. The molecule has 0 saturated carbocycles. The van der Waals surface area contributed by atoms with E-state index in [1.807, 2.05) is 30.0 Å². The molecule has 1 amide bonds. The molecule has 1 aromatic heterocycles. The minimum atomic E-state index is 0.238. The van der Waals surface area contributed by atoms with Crippen LogP contribution in [0, 0.1) is 0 Å². The molecule has 2 rings (SSSR count). The number of aromatic nitrogens is 1. The minimum Gasteiger partial charge on any atom is -0.341 e. The van der Waals surface area contributed by atoms with Gasteiger partial charge < -0.3 is 10.2 Å². The highest BCUT2D eigenvalue weighted by molar-refractivity contribution is 5.76. The molecule has 1 unspecified atom stereocenters. The Hall–Kier alpha value is -1.42. The standard InChI is InChI=1S/C15H23N3O/c1-2-18(12-14-7-5-11-17-14)15(19)9-8-13-6-3-4-10-16-13/h3-4,6,10,14,17H,2,5,7-9,11-12H2,1H3. The van der Waals surface area contributed by atoms with E-state index in [-0.39, 0.29) is 5.91 Å². The predicted molar refractivity (Wildman–Crippen MR) is 75.8 cm³/mol. The monoisotopic (exact) mass is 261 g/mol. The summed E-state index contributed by atoms with van der Waals surface area (Å²) < 4.78 is 0. The highest BCUT2D eigenvalue weighted by atomic mass is 16.2. The number of nitrogens with one attached hydrogen (secondary N) is 1. The van der Waals surface area contributed by atoms with Gasteiger partial charge in [0.05, 0.1) is 0 Å². The number of carbonyl (C=O) groups excluding carboxylic acids is 1. The summed E-state index contributed by atoms with van der Waals surface area (Å²) in [4.78, 5) is 18.4. The van der Waals surface area contributed by atoms with Crippen molar-refractivity contribution < 1.29 is 4.79 Å². The average Bonchev–Trinajstić information content (AvgIpc) is 2.96. The molecular weight excluding hydrogens is 238 g/mol. The van der Waals surface area contributed by atoms with Crippen LogP contribution < -0.4 is 5.32 Å². The third kappa shape index (κ3) is 4.31. The summed E-state index contributed by atoms with van der Waals surface area (Å²) in [6, 6.07) is 6.32. The van der Waals surface area contributed by atoms with Crippen LogP contribution in [0.1, 0.15) is 31.9 Å². The molecular formula is C15H23N3O. The van der Waals surface area contributed by atoms with E-state index in [9.17, 15) is 4.79 Å². The lowest BCUT2D eigenvalue weighted by Crippen LogP contribution is -2.41. The summed E-state index contributed by atoms with van der Waals surface area (Å²) in [5, 5.41) is 3.44. The molecule has 1 fully saturated rings. The largest absolute Gasteiger partial charge is 0.341 e. The van der Waals surface area contributed by atoms with Crippen LogP contribution in [0.3, 0.4) is 0 Å². The normalized spacial score (nSPS) is 18.5. The number of hydrogen-bond donors (Lipinski definition) is 1. The van der Waals surface area contributed by atoms with Crippen LogP contribution >= 0.6 is 0 Å². The van der Waals surface area contributed by atoms with Crippen molar-refractivity contribution in [2.45, 2.75) is 38.6 Å². The van der Waals surface area contributed by atoms with E-state index in [0.717, 1.165) is 31.7 Å². The van der Waals surface area contributed by atoms with Crippen molar-refractivity contribution in [2.75, 3.05) is 19.6 Å². The number of hydrogen-bond acceptors (Lipinski definition) is 3. The van der Waals surface area contributed by atoms with Crippen LogP contribution in [0.5, 0.6) is 0 Å². The number of likely N-dealkylation sites (N-methyl/N-ethyl adjacent to an activating group) is 1. The zero-order valence-corrected chi connectivity index (χ0v) is 11.6. The second-order valence-corrected chi connectivity index (χ2v) is 5.05. The molecule has 4 nitrogen and oxygen atoms in total. The lowest BCUT2D eigenvalue weighted by molar-refractivity contribution is -0.131. The first-order chi connectivity index (χ1) is 9.29. The zero-order valence-electron chi connectivity index (χ0n) is 11.6. The Kier molecular flexibility index (Phi) is 5.33. The van der Waals surface area contributed by atoms with Gasteiger partial charge in [-0.3, -0.25) is 9.78 Å². The first-order valence-electron chi connectivity index (χ1n) is 7.20. The highest BCUT2D eigenvalue weighted by Crippen LogP contribution is 2.09. The molecule has 0 spiro atoms. The quantitative estimate of drug-likeness (QED) is 0.846. The van der Waals surface area contributed by atoms with Crippen LogP contribution in [0.25, 0.3) is 0 Å². The van der Waals surface area contributed by atoms with Gasteiger partial charge in [0.15, 0.2) is 0 Å². The smallest absolute Gasteiger partial charge is 0.223 e. The summed E-state index contributed by atoms with van der Waals surface area (Å²) in [5.41, 5.74) is 0.992. The van der Waals surface area contributed by atoms with E-state index >= 15 is 0 Å².